The van der Waals surface area contributed by atoms with Gasteiger partial charge in [-0.25, -0.2) is 4.98 Å². The Morgan fingerprint density at radius 3 is 2.58 bits per heavy atom. The summed E-state index contributed by atoms with van der Waals surface area (Å²) < 4.78 is 11.5. The van der Waals surface area contributed by atoms with Crippen molar-refractivity contribution in [2.45, 2.75) is 6.54 Å². The van der Waals surface area contributed by atoms with Gasteiger partial charge in [-0.2, -0.15) is 0 Å². The Hall–Kier alpha value is -4.88. The largest absolute Gasteiger partial charge is 0.464 e. The summed E-state index contributed by atoms with van der Waals surface area (Å²) in [5, 5.41) is 3.08. The van der Waals surface area contributed by atoms with Crippen LogP contribution in [0.15, 0.2) is 108 Å². The van der Waals surface area contributed by atoms with Gasteiger partial charge in [-0.15, -0.1) is 0 Å². The second kappa shape index (κ2) is 9.88. The summed E-state index contributed by atoms with van der Waals surface area (Å²) in [7, 11) is 0. The normalized spacial score (nSPS) is 12.1. The molecular formula is C30H20ClN3O4. The fourth-order valence-corrected chi connectivity index (χ4v) is 4.64. The minimum atomic E-state index is -0.324. The van der Waals surface area contributed by atoms with Crippen LogP contribution in [0.5, 0.6) is 11.6 Å². The van der Waals surface area contributed by atoms with E-state index in [2.05, 4.69) is 10.3 Å². The molecule has 3 aromatic carbocycles. The number of carbonyl (C=O) groups is 2. The van der Waals surface area contributed by atoms with Crippen LogP contribution in [0.3, 0.4) is 0 Å². The molecule has 2 aromatic heterocycles. The van der Waals surface area contributed by atoms with Crippen LogP contribution >= 0.6 is 11.6 Å². The van der Waals surface area contributed by atoms with Crippen molar-refractivity contribution in [3.63, 3.8) is 0 Å². The molecule has 0 spiro atoms. The summed E-state index contributed by atoms with van der Waals surface area (Å²) in [6.45, 7) is 0.261. The number of ether oxygens (including phenoxy) is 1. The number of amides is 2. The van der Waals surface area contributed by atoms with Crippen molar-refractivity contribution in [1.82, 2.24) is 4.98 Å². The third-order valence-electron chi connectivity index (χ3n) is 6.20. The van der Waals surface area contributed by atoms with E-state index in [0.717, 1.165) is 5.56 Å². The topological polar surface area (TPSA) is 84.7 Å². The van der Waals surface area contributed by atoms with E-state index in [1.54, 1.807) is 72.0 Å². The van der Waals surface area contributed by atoms with E-state index in [-0.39, 0.29) is 23.4 Å². The van der Waals surface area contributed by atoms with Crippen molar-refractivity contribution in [2.75, 3.05) is 10.2 Å². The number of benzene rings is 3. The number of aromatic nitrogens is 1. The number of furan rings is 1. The Morgan fingerprint density at radius 2 is 1.74 bits per heavy atom. The van der Waals surface area contributed by atoms with Crippen LogP contribution in [-0.4, -0.2) is 16.8 Å². The molecule has 1 N–H and O–H groups in total. The number of nitrogens with zero attached hydrogens (tertiary/aromatic N) is 2. The van der Waals surface area contributed by atoms with Gasteiger partial charge in [-0.3, -0.25) is 9.59 Å². The van der Waals surface area contributed by atoms with Crippen LogP contribution in [0, 0.1) is 0 Å². The third kappa shape index (κ3) is 4.40. The van der Waals surface area contributed by atoms with E-state index in [1.807, 2.05) is 36.4 Å². The van der Waals surface area contributed by atoms with Crippen LogP contribution in [-0.2, 0) is 6.54 Å². The molecule has 3 heterocycles. The van der Waals surface area contributed by atoms with Crippen LogP contribution in [0.1, 0.15) is 26.3 Å². The maximum absolute atomic E-state index is 13.7. The van der Waals surface area contributed by atoms with Gasteiger partial charge in [0.2, 0.25) is 5.88 Å². The summed E-state index contributed by atoms with van der Waals surface area (Å²) in [6.07, 6.45) is 3.21. The van der Waals surface area contributed by atoms with E-state index in [4.69, 9.17) is 20.8 Å². The van der Waals surface area contributed by atoms with Crippen molar-refractivity contribution in [2.24, 2.45) is 0 Å². The van der Waals surface area contributed by atoms with Crippen LogP contribution in [0.25, 0.3) is 11.3 Å². The number of halogens is 1. The molecule has 0 atom stereocenters. The minimum absolute atomic E-state index is 0.209. The fraction of sp³-hybridized carbons (Fsp3) is 0.0333. The number of anilines is 2. The van der Waals surface area contributed by atoms with E-state index < -0.39 is 0 Å². The van der Waals surface area contributed by atoms with Crippen molar-refractivity contribution < 1.29 is 18.7 Å². The molecule has 6 rings (SSSR count). The van der Waals surface area contributed by atoms with Crippen molar-refractivity contribution in [3.8, 4) is 23.0 Å². The van der Waals surface area contributed by atoms with Gasteiger partial charge < -0.3 is 19.4 Å². The lowest BCUT2D eigenvalue weighted by Crippen LogP contribution is -2.30. The second-order valence-corrected chi connectivity index (χ2v) is 9.01. The Bertz CT molecular complexity index is 1670. The number of para-hydroxylation sites is 2. The molecule has 7 nitrogen and oxygen atoms in total. The van der Waals surface area contributed by atoms with Crippen LogP contribution < -0.4 is 15.0 Å². The van der Waals surface area contributed by atoms with E-state index in [9.17, 15) is 9.59 Å². The lowest BCUT2D eigenvalue weighted by atomic mass is 10.0. The standard InChI is InChI=1S/C30H20ClN3O4/c31-24-17-20(33-28(35)22-9-2-1-8-21(22)26-12-6-16-37-26)13-14-23(24)30(36)34-18-19-7-5-15-32-29(19)38-27-11-4-3-10-25(27)34/h1-17H,18H2,(H,33,35). The average molecular weight is 522 g/mol. The van der Waals surface area contributed by atoms with Gasteiger partial charge in [-0.05, 0) is 54.6 Å². The number of fused-ring (bicyclic) bond motifs is 2. The Morgan fingerprint density at radius 1 is 0.895 bits per heavy atom. The highest BCUT2D eigenvalue weighted by Crippen LogP contribution is 2.39. The molecular weight excluding hydrogens is 502 g/mol. The monoisotopic (exact) mass is 521 g/mol. The second-order valence-electron chi connectivity index (χ2n) is 8.60. The summed E-state index contributed by atoms with van der Waals surface area (Å²) in [4.78, 5) is 32.8. The molecule has 0 unspecified atom stereocenters. The highest BCUT2D eigenvalue weighted by molar-refractivity contribution is 6.35. The maximum Gasteiger partial charge on any atom is 0.260 e. The molecule has 186 valence electrons. The highest BCUT2D eigenvalue weighted by atomic mass is 35.5. The number of pyridine rings is 1. The first kappa shape index (κ1) is 23.5. The van der Waals surface area contributed by atoms with Gasteiger partial charge in [0.1, 0.15) is 5.76 Å². The molecule has 5 aromatic rings. The first-order chi connectivity index (χ1) is 18.6. The minimum Gasteiger partial charge on any atom is -0.464 e. The third-order valence-corrected chi connectivity index (χ3v) is 6.51. The lowest BCUT2D eigenvalue weighted by Gasteiger charge is -2.22. The molecule has 0 bridgehead atoms. The summed E-state index contributed by atoms with van der Waals surface area (Å²) in [5.41, 5.74) is 3.25. The number of nitrogens with one attached hydrogen (secondary N) is 1. The number of hydrogen-bond acceptors (Lipinski definition) is 5. The Kier molecular flexibility index (Phi) is 6.11. The predicted octanol–water partition coefficient (Wildman–Crippen LogP) is 7.20. The van der Waals surface area contributed by atoms with E-state index in [1.165, 1.54) is 0 Å². The Balaban J connectivity index is 1.28. The fourth-order valence-electron chi connectivity index (χ4n) is 4.38. The average Bonchev–Trinajstić information content (AvgIpc) is 3.42. The molecule has 1 aliphatic heterocycles. The summed E-state index contributed by atoms with van der Waals surface area (Å²) >= 11 is 6.60. The molecule has 0 aliphatic carbocycles. The highest BCUT2D eigenvalue weighted by Gasteiger charge is 2.28. The molecule has 8 heteroatoms. The lowest BCUT2D eigenvalue weighted by molar-refractivity contribution is 0.0984. The zero-order valence-electron chi connectivity index (χ0n) is 19.9. The van der Waals surface area contributed by atoms with Crippen molar-refractivity contribution >= 4 is 34.8 Å². The Labute approximate surface area is 223 Å². The number of hydrogen-bond donors (Lipinski definition) is 1. The zero-order valence-corrected chi connectivity index (χ0v) is 20.7. The molecule has 38 heavy (non-hydrogen) atoms. The van der Waals surface area contributed by atoms with Crippen molar-refractivity contribution in [3.05, 3.63) is 125 Å². The van der Waals surface area contributed by atoms with Gasteiger partial charge in [0.25, 0.3) is 11.8 Å². The molecule has 2 amide bonds. The molecule has 0 saturated carbocycles. The first-order valence-corrected chi connectivity index (χ1v) is 12.2. The zero-order chi connectivity index (χ0) is 26.1. The van der Waals surface area contributed by atoms with Gasteiger partial charge in [-0.1, -0.05) is 48.0 Å². The van der Waals surface area contributed by atoms with Gasteiger partial charge in [0.05, 0.1) is 34.6 Å². The number of carbonyl (C=O) groups excluding carboxylic acids is 2. The van der Waals surface area contributed by atoms with Crippen molar-refractivity contribution in [1.29, 1.82) is 0 Å². The summed E-state index contributed by atoms with van der Waals surface area (Å²) in [5.74, 6) is 0.939. The number of rotatable bonds is 4. The van der Waals surface area contributed by atoms with Gasteiger partial charge in [0, 0.05) is 23.0 Å². The smallest absolute Gasteiger partial charge is 0.260 e. The predicted molar refractivity (Wildman–Crippen MR) is 145 cm³/mol. The van der Waals surface area contributed by atoms with E-state index >= 15 is 0 Å². The first-order valence-electron chi connectivity index (χ1n) is 11.8. The molecule has 0 fully saturated rings. The molecule has 0 saturated heterocycles. The molecule has 1 aliphatic rings. The summed E-state index contributed by atoms with van der Waals surface area (Å²) in [6, 6.07) is 26.5. The van der Waals surface area contributed by atoms with E-state index in [0.29, 0.717) is 45.5 Å². The maximum atomic E-state index is 13.7. The quantitative estimate of drug-likeness (QED) is 0.270. The van der Waals surface area contributed by atoms with Gasteiger partial charge in [0.15, 0.2) is 5.75 Å². The molecule has 0 radical (unpaired) electrons. The SMILES string of the molecule is O=C(Nc1ccc(C(=O)N2Cc3cccnc3Oc3ccccc32)c(Cl)c1)c1ccccc1-c1ccco1. The van der Waals surface area contributed by atoms with Crippen LogP contribution in [0.2, 0.25) is 5.02 Å². The van der Waals surface area contributed by atoms with Gasteiger partial charge >= 0.3 is 0 Å². The van der Waals surface area contributed by atoms with Crippen LogP contribution in [0.4, 0.5) is 11.4 Å².